The number of carbonyl (C=O) groups is 3. The lowest BCUT2D eigenvalue weighted by molar-refractivity contribution is -0.149. The highest BCUT2D eigenvalue weighted by atomic mass is 16.5. The molecule has 174 valence electrons. The molecule has 8 heteroatoms. The number of hydrogen-bond acceptors (Lipinski definition) is 5. The SMILES string of the molecule is CC(C)(NC(=O)OCC1c2ccccc2-c2ccccc21)C(=O)NC1COCC1(C)C(=O)O. The summed E-state index contributed by atoms with van der Waals surface area (Å²) in [5.41, 5.74) is 1.90. The number of rotatable bonds is 6. The summed E-state index contributed by atoms with van der Waals surface area (Å²) < 4.78 is 10.8. The molecule has 3 N–H and O–H groups in total. The Balaban J connectivity index is 1.39. The van der Waals surface area contributed by atoms with Crippen molar-refractivity contribution in [1.82, 2.24) is 10.6 Å². The smallest absolute Gasteiger partial charge is 0.408 e. The minimum absolute atomic E-state index is 0.00746. The van der Waals surface area contributed by atoms with E-state index < -0.39 is 35.0 Å². The second kappa shape index (κ2) is 8.51. The van der Waals surface area contributed by atoms with Crippen LogP contribution in [-0.2, 0) is 19.1 Å². The number of benzene rings is 2. The standard InChI is InChI=1S/C25H28N2O6/c1-24(2,21(28)26-20-13-32-14-25(20,3)22(29)30)27-23(31)33-12-19-17-10-6-4-8-15(17)16-9-5-7-11-18(16)19/h4-11,19-20H,12-14H2,1-3H3,(H,26,28)(H,27,31)(H,29,30). The van der Waals surface area contributed by atoms with Crippen LogP contribution in [0.25, 0.3) is 11.1 Å². The summed E-state index contributed by atoms with van der Waals surface area (Å²) >= 11 is 0. The second-order valence-electron chi connectivity index (χ2n) is 9.34. The van der Waals surface area contributed by atoms with Crippen molar-refractivity contribution in [1.29, 1.82) is 0 Å². The van der Waals surface area contributed by atoms with Crippen LogP contribution in [0.3, 0.4) is 0 Å². The average Bonchev–Trinajstić information content (AvgIpc) is 3.31. The Labute approximate surface area is 192 Å². The Morgan fingerprint density at radius 1 is 1.09 bits per heavy atom. The number of hydrogen-bond donors (Lipinski definition) is 3. The van der Waals surface area contributed by atoms with Crippen LogP contribution >= 0.6 is 0 Å². The molecule has 0 radical (unpaired) electrons. The van der Waals surface area contributed by atoms with Crippen LogP contribution in [0.4, 0.5) is 4.79 Å². The van der Waals surface area contributed by atoms with Crippen LogP contribution in [0.5, 0.6) is 0 Å². The number of ether oxygens (including phenoxy) is 2. The van der Waals surface area contributed by atoms with Gasteiger partial charge in [0.05, 0.1) is 19.3 Å². The van der Waals surface area contributed by atoms with Crippen LogP contribution in [-0.4, -0.2) is 54.5 Å². The molecular formula is C25H28N2O6. The number of alkyl carbamates (subject to hydrolysis) is 1. The number of carboxylic acids is 1. The van der Waals surface area contributed by atoms with Crippen LogP contribution in [0.2, 0.25) is 0 Å². The molecule has 2 aliphatic rings. The Bertz CT molecular complexity index is 1050. The van der Waals surface area contributed by atoms with Gasteiger partial charge in [-0.15, -0.1) is 0 Å². The maximum Gasteiger partial charge on any atom is 0.408 e. The molecule has 0 saturated carbocycles. The molecule has 2 aromatic carbocycles. The third-order valence-corrected chi connectivity index (χ3v) is 6.58. The van der Waals surface area contributed by atoms with Crippen molar-refractivity contribution >= 4 is 18.0 Å². The van der Waals surface area contributed by atoms with E-state index in [0.29, 0.717) is 0 Å². The van der Waals surface area contributed by atoms with Gasteiger partial charge < -0.3 is 25.2 Å². The summed E-state index contributed by atoms with van der Waals surface area (Å²) in [5.74, 6) is -1.65. The van der Waals surface area contributed by atoms with Crippen molar-refractivity contribution in [2.45, 2.75) is 38.3 Å². The molecular weight excluding hydrogens is 424 g/mol. The van der Waals surface area contributed by atoms with Gasteiger partial charge in [-0.3, -0.25) is 9.59 Å². The van der Waals surface area contributed by atoms with Gasteiger partial charge in [-0.1, -0.05) is 48.5 Å². The fourth-order valence-corrected chi connectivity index (χ4v) is 4.37. The van der Waals surface area contributed by atoms with Crippen LogP contribution in [0.1, 0.15) is 37.8 Å². The highest BCUT2D eigenvalue weighted by Gasteiger charge is 2.48. The van der Waals surface area contributed by atoms with Crippen molar-refractivity contribution in [2.24, 2.45) is 5.41 Å². The Morgan fingerprint density at radius 3 is 2.24 bits per heavy atom. The van der Waals surface area contributed by atoms with E-state index >= 15 is 0 Å². The molecule has 2 amide bonds. The molecule has 33 heavy (non-hydrogen) atoms. The predicted molar refractivity (Wildman–Crippen MR) is 121 cm³/mol. The third-order valence-electron chi connectivity index (χ3n) is 6.58. The molecule has 1 aliphatic heterocycles. The molecule has 4 rings (SSSR count). The lowest BCUT2D eigenvalue weighted by Crippen LogP contribution is -2.60. The predicted octanol–water partition coefficient (Wildman–Crippen LogP) is 2.91. The molecule has 1 aliphatic carbocycles. The zero-order chi connectivity index (χ0) is 23.8. The fourth-order valence-electron chi connectivity index (χ4n) is 4.37. The first-order valence-electron chi connectivity index (χ1n) is 10.9. The number of fused-ring (bicyclic) bond motifs is 3. The largest absolute Gasteiger partial charge is 0.481 e. The zero-order valence-electron chi connectivity index (χ0n) is 18.9. The molecule has 2 aromatic rings. The fraction of sp³-hybridized carbons (Fsp3) is 0.400. The summed E-state index contributed by atoms with van der Waals surface area (Å²) in [4.78, 5) is 37.0. The van der Waals surface area contributed by atoms with Crippen molar-refractivity contribution in [2.75, 3.05) is 19.8 Å². The summed E-state index contributed by atoms with van der Waals surface area (Å²) in [6.07, 6.45) is -0.722. The molecule has 2 unspecified atom stereocenters. The van der Waals surface area contributed by atoms with Gasteiger partial charge in [0.1, 0.15) is 17.6 Å². The van der Waals surface area contributed by atoms with E-state index in [1.165, 1.54) is 20.8 Å². The maximum atomic E-state index is 12.8. The third kappa shape index (κ3) is 4.18. The van der Waals surface area contributed by atoms with Crippen molar-refractivity contribution in [3.05, 3.63) is 59.7 Å². The normalized spacial score (nSPS) is 21.7. The molecule has 2 atom stereocenters. The minimum Gasteiger partial charge on any atom is -0.481 e. The van der Waals surface area contributed by atoms with Crippen molar-refractivity contribution in [3.63, 3.8) is 0 Å². The average molecular weight is 453 g/mol. The maximum absolute atomic E-state index is 12.8. The van der Waals surface area contributed by atoms with Crippen molar-refractivity contribution in [3.8, 4) is 11.1 Å². The van der Waals surface area contributed by atoms with E-state index in [4.69, 9.17) is 9.47 Å². The van der Waals surface area contributed by atoms with Gasteiger partial charge in [-0.2, -0.15) is 0 Å². The van der Waals surface area contributed by atoms with Gasteiger partial charge in [0.15, 0.2) is 0 Å². The van der Waals surface area contributed by atoms with E-state index in [1.54, 1.807) is 0 Å². The summed E-state index contributed by atoms with van der Waals surface area (Å²) in [7, 11) is 0. The van der Waals surface area contributed by atoms with E-state index in [-0.39, 0.29) is 25.7 Å². The minimum atomic E-state index is -1.31. The van der Waals surface area contributed by atoms with Gasteiger partial charge in [0.25, 0.3) is 0 Å². The molecule has 1 saturated heterocycles. The first kappa shape index (κ1) is 22.8. The van der Waals surface area contributed by atoms with Gasteiger partial charge in [0, 0.05) is 5.92 Å². The molecule has 0 bridgehead atoms. The monoisotopic (exact) mass is 452 g/mol. The zero-order valence-corrected chi connectivity index (χ0v) is 18.9. The van der Waals surface area contributed by atoms with Gasteiger partial charge in [0.2, 0.25) is 5.91 Å². The quantitative estimate of drug-likeness (QED) is 0.621. The van der Waals surface area contributed by atoms with E-state index in [0.717, 1.165) is 22.3 Å². The van der Waals surface area contributed by atoms with Gasteiger partial charge in [-0.05, 0) is 43.0 Å². The van der Waals surface area contributed by atoms with E-state index in [9.17, 15) is 19.5 Å². The summed E-state index contributed by atoms with van der Waals surface area (Å²) in [6, 6.07) is 15.4. The molecule has 1 fully saturated rings. The Hall–Kier alpha value is -3.39. The van der Waals surface area contributed by atoms with Gasteiger partial charge in [-0.25, -0.2) is 4.79 Å². The highest BCUT2D eigenvalue weighted by Crippen LogP contribution is 2.44. The summed E-state index contributed by atoms with van der Waals surface area (Å²) in [5, 5.41) is 14.8. The molecule has 8 nitrogen and oxygen atoms in total. The summed E-state index contributed by atoms with van der Waals surface area (Å²) in [6.45, 7) is 4.84. The Kier molecular flexibility index (Phi) is 5.88. The number of carboxylic acid groups (broad SMARTS) is 1. The highest BCUT2D eigenvalue weighted by molar-refractivity contribution is 5.90. The first-order chi connectivity index (χ1) is 15.6. The van der Waals surface area contributed by atoms with Crippen LogP contribution in [0.15, 0.2) is 48.5 Å². The lowest BCUT2D eigenvalue weighted by Gasteiger charge is -2.30. The Morgan fingerprint density at radius 2 is 1.67 bits per heavy atom. The number of amides is 2. The van der Waals surface area contributed by atoms with Crippen LogP contribution in [0, 0.1) is 5.41 Å². The molecule has 0 spiro atoms. The van der Waals surface area contributed by atoms with E-state index in [2.05, 4.69) is 22.8 Å². The van der Waals surface area contributed by atoms with Crippen molar-refractivity contribution < 1.29 is 29.0 Å². The number of carbonyl (C=O) groups excluding carboxylic acids is 2. The number of nitrogens with one attached hydrogen (secondary N) is 2. The first-order valence-corrected chi connectivity index (χ1v) is 10.9. The van der Waals surface area contributed by atoms with E-state index in [1.807, 2.05) is 36.4 Å². The second-order valence-corrected chi connectivity index (χ2v) is 9.34. The van der Waals surface area contributed by atoms with Gasteiger partial charge >= 0.3 is 12.1 Å². The van der Waals surface area contributed by atoms with Crippen LogP contribution < -0.4 is 10.6 Å². The lowest BCUT2D eigenvalue weighted by atomic mass is 9.85. The molecule has 0 aromatic heterocycles. The topological polar surface area (TPSA) is 114 Å². The number of aliphatic carboxylic acids is 1. The molecule has 1 heterocycles.